The van der Waals surface area contributed by atoms with E-state index < -0.39 is 0 Å². The van der Waals surface area contributed by atoms with Crippen molar-refractivity contribution < 1.29 is 0 Å². The summed E-state index contributed by atoms with van der Waals surface area (Å²) in [6.45, 7) is 4.74. The molecule has 1 atom stereocenters. The molecule has 0 aliphatic carbocycles. The molecule has 0 saturated carbocycles. The summed E-state index contributed by atoms with van der Waals surface area (Å²) >= 11 is 3.42. The standard InChI is InChI=1S/C12H14BrN/c1-3-4-9-14-10(2)11-5-7-12(13)8-6-11/h5-8,10,14H,9H2,1-2H3/t10-/m0/s1. The second-order valence-corrected chi connectivity index (χ2v) is 4.00. The normalized spacial score (nSPS) is 11.6. The Balaban J connectivity index is 2.54. The van der Waals surface area contributed by atoms with Crippen LogP contribution in [0.5, 0.6) is 0 Å². The van der Waals surface area contributed by atoms with E-state index in [1.165, 1.54) is 5.56 Å². The van der Waals surface area contributed by atoms with Gasteiger partial charge in [0.05, 0.1) is 6.54 Å². The van der Waals surface area contributed by atoms with Gasteiger partial charge in [-0.15, -0.1) is 5.92 Å². The highest BCUT2D eigenvalue weighted by Crippen LogP contribution is 2.15. The molecule has 0 aromatic heterocycles. The highest BCUT2D eigenvalue weighted by atomic mass is 79.9. The number of hydrogen-bond donors (Lipinski definition) is 1. The van der Waals surface area contributed by atoms with Gasteiger partial charge in [-0.25, -0.2) is 0 Å². The summed E-state index contributed by atoms with van der Waals surface area (Å²) in [5, 5.41) is 3.33. The van der Waals surface area contributed by atoms with E-state index in [1.54, 1.807) is 0 Å². The van der Waals surface area contributed by atoms with Crippen LogP contribution in [0.15, 0.2) is 28.7 Å². The number of halogens is 1. The van der Waals surface area contributed by atoms with Crippen molar-refractivity contribution in [1.29, 1.82) is 0 Å². The zero-order valence-electron chi connectivity index (χ0n) is 8.47. The Bertz CT molecular complexity index is 332. The van der Waals surface area contributed by atoms with Crippen molar-refractivity contribution in [2.75, 3.05) is 6.54 Å². The zero-order chi connectivity index (χ0) is 10.4. The second-order valence-electron chi connectivity index (χ2n) is 3.08. The molecule has 0 radical (unpaired) electrons. The van der Waals surface area contributed by atoms with Crippen LogP contribution in [0.4, 0.5) is 0 Å². The molecule has 0 spiro atoms. The summed E-state index contributed by atoms with van der Waals surface area (Å²) < 4.78 is 1.11. The summed E-state index contributed by atoms with van der Waals surface area (Å²) in [6.07, 6.45) is 0. The summed E-state index contributed by atoms with van der Waals surface area (Å²) in [5.74, 6) is 5.85. The average molecular weight is 252 g/mol. The van der Waals surface area contributed by atoms with E-state index in [9.17, 15) is 0 Å². The summed E-state index contributed by atoms with van der Waals surface area (Å²) in [4.78, 5) is 0. The monoisotopic (exact) mass is 251 g/mol. The van der Waals surface area contributed by atoms with Crippen LogP contribution in [-0.2, 0) is 0 Å². The fourth-order valence-corrected chi connectivity index (χ4v) is 1.43. The largest absolute Gasteiger partial charge is 0.300 e. The Hall–Kier alpha value is -0.780. The molecule has 0 aliphatic rings. The van der Waals surface area contributed by atoms with Gasteiger partial charge < -0.3 is 0 Å². The maximum absolute atomic E-state index is 3.42. The van der Waals surface area contributed by atoms with Crippen molar-refractivity contribution in [3.8, 4) is 11.8 Å². The van der Waals surface area contributed by atoms with Gasteiger partial charge >= 0.3 is 0 Å². The molecule has 1 N–H and O–H groups in total. The SMILES string of the molecule is CC#CCN[C@@H](C)c1ccc(Br)cc1. The molecule has 0 heterocycles. The Morgan fingerprint density at radius 3 is 2.57 bits per heavy atom. The molecule has 0 aliphatic heterocycles. The van der Waals surface area contributed by atoms with Crippen molar-refractivity contribution in [3.63, 3.8) is 0 Å². The van der Waals surface area contributed by atoms with Gasteiger partial charge in [-0.1, -0.05) is 34.0 Å². The van der Waals surface area contributed by atoms with E-state index in [1.807, 2.05) is 6.92 Å². The lowest BCUT2D eigenvalue weighted by Gasteiger charge is -2.11. The third kappa shape index (κ3) is 3.53. The lowest BCUT2D eigenvalue weighted by molar-refractivity contribution is 0.623. The highest BCUT2D eigenvalue weighted by molar-refractivity contribution is 9.10. The molecule has 14 heavy (non-hydrogen) atoms. The molecule has 0 fully saturated rings. The molecular formula is C12H14BrN. The smallest absolute Gasteiger partial charge is 0.0581 e. The molecule has 1 aromatic carbocycles. The molecule has 0 amide bonds. The summed E-state index contributed by atoms with van der Waals surface area (Å²) in [6, 6.07) is 8.68. The van der Waals surface area contributed by atoms with Crippen LogP contribution in [0.1, 0.15) is 25.5 Å². The zero-order valence-corrected chi connectivity index (χ0v) is 10.1. The average Bonchev–Trinajstić information content (AvgIpc) is 2.19. The quantitative estimate of drug-likeness (QED) is 0.815. The van der Waals surface area contributed by atoms with Crippen LogP contribution >= 0.6 is 15.9 Å². The van der Waals surface area contributed by atoms with E-state index in [4.69, 9.17) is 0 Å². The molecule has 74 valence electrons. The Kier molecular flexibility index (Phi) is 4.72. The number of nitrogens with one attached hydrogen (secondary N) is 1. The highest BCUT2D eigenvalue weighted by Gasteiger charge is 2.02. The van der Waals surface area contributed by atoms with Crippen LogP contribution in [0.3, 0.4) is 0 Å². The lowest BCUT2D eigenvalue weighted by atomic mass is 10.1. The molecule has 0 saturated heterocycles. The predicted molar refractivity (Wildman–Crippen MR) is 64.0 cm³/mol. The summed E-state index contributed by atoms with van der Waals surface area (Å²) in [5.41, 5.74) is 1.28. The maximum atomic E-state index is 3.42. The third-order valence-electron chi connectivity index (χ3n) is 2.04. The van der Waals surface area contributed by atoms with Crippen LogP contribution in [-0.4, -0.2) is 6.54 Å². The van der Waals surface area contributed by atoms with Crippen molar-refractivity contribution in [1.82, 2.24) is 5.32 Å². The van der Waals surface area contributed by atoms with Gasteiger partial charge in [0, 0.05) is 10.5 Å². The minimum atomic E-state index is 0.351. The molecule has 1 nitrogen and oxygen atoms in total. The van der Waals surface area contributed by atoms with E-state index in [0.29, 0.717) is 6.04 Å². The van der Waals surface area contributed by atoms with Gasteiger partial charge in [0.25, 0.3) is 0 Å². The Morgan fingerprint density at radius 1 is 1.36 bits per heavy atom. The van der Waals surface area contributed by atoms with E-state index in [2.05, 4.69) is 64.3 Å². The number of rotatable bonds is 3. The Morgan fingerprint density at radius 2 is 2.00 bits per heavy atom. The van der Waals surface area contributed by atoms with E-state index in [0.717, 1.165) is 11.0 Å². The molecule has 2 heteroatoms. The predicted octanol–water partition coefficient (Wildman–Crippen LogP) is 3.12. The van der Waals surface area contributed by atoms with Gasteiger partial charge in [-0.3, -0.25) is 5.32 Å². The second kappa shape index (κ2) is 5.85. The molecule has 1 aromatic rings. The van der Waals surface area contributed by atoms with Crippen LogP contribution in [0.25, 0.3) is 0 Å². The van der Waals surface area contributed by atoms with E-state index >= 15 is 0 Å². The van der Waals surface area contributed by atoms with Gasteiger partial charge in [0.15, 0.2) is 0 Å². The maximum Gasteiger partial charge on any atom is 0.0581 e. The topological polar surface area (TPSA) is 12.0 Å². The molecule has 1 rings (SSSR count). The third-order valence-corrected chi connectivity index (χ3v) is 2.57. The summed E-state index contributed by atoms with van der Waals surface area (Å²) in [7, 11) is 0. The number of benzene rings is 1. The lowest BCUT2D eigenvalue weighted by Crippen LogP contribution is -2.18. The minimum Gasteiger partial charge on any atom is -0.300 e. The van der Waals surface area contributed by atoms with Gasteiger partial charge in [-0.05, 0) is 31.5 Å². The fourth-order valence-electron chi connectivity index (χ4n) is 1.16. The van der Waals surface area contributed by atoms with Crippen molar-refractivity contribution in [2.24, 2.45) is 0 Å². The van der Waals surface area contributed by atoms with Crippen molar-refractivity contribution in [2.45, 2.75) is 19.9 Å². The van der Waals surface area contributed by atoms with Gasteiger partial charge in [-0.2, -0.15) is 0 Å². The minimum absolute atomic E-state index is 0.351. The number of hydrogen-bond acceptors (Lipinski definition) is 1. The molecule has 0 bridgehead atoms. The Labute approximate surface area is 94.0 Å². The first-order chi connectivity index (χ1) is 6.74. The van der Waals surface area contributed by atoms with Gasteiger partial charge in [0.2, 0.25) is 0 Å². The molecular weight excluding hydrogens is 238 g/mol. The van der Waals surface area contributed by atoms with Crippen LogP contribution in [0, 0.1) is 11.8 Å². The van der Waals surface area contributed by atoms with Crippen LogP contribution < -0.4 is 5.32 Å². The fraction of sp³-hybridized carbons (Fsp3) is 0.333. The molecule has 0 unspecified atom stereocenters. The van der Waals surface area contributed by atoms with Gasteiger partial charge in [0.1, 0.15) is 0 Å². The first-order valence-corrected chi connectivity index (χ1v) is 5.42. The van der Waals surface area contributed by atoms with Crippen molar-refractivity contribution >= 4 is 15.9 Å². The first-order valence-electron chi connectivity index (χ1n) is 4.62. The first kappa shape index (κ1) is 11.3. The van der Waals surface area contributed by atoms with Crippen LogP contribution in [0.2, 0.25) is 0 Å². The van der Waals surface area contributed by atoms with E-state index in [-0.39, 0.29) is 0 Å². The van der Waals surface area contributed by atoms with Crippen molar-refractivity contribution in [3.05, 3.63) is 34.3 Å².